The Morgan fingerprint density at radius 2 is 1.67 bits per heavy atom. The van der Waals surface area contributed by atoms with Gasteiger partial charge in [-0.25, -0.2) is 8.42 Å². The summed E-state index contributed by atoms with van der Waals surface area (Å²) in [5.74, 6) is -0.114. The Bertz CT molecular complexity index is 1080. The molecule has 0 bridgehead atoms. The number of rotatable bonds is 5. The Balaban J connectivity index is 1.45. The lowest BCUT2D eigenvalue weighted by atomic mass is 10.2. The molecule has 4 rings (SSSR count). The summed E-state index contributed by atoms with van der Waals surface area (Å²) in [6, 6.07) is 13.2. The average molecular weight is 492 g/mol. The van der Waals surface area contributed by atoms with Gasteiger partial charge in [-0.3, -0.25) is 9.59 Å². The highest BCUT2D eigenvalue weighted by atomic mass is 79.9. The molecule has 2 aliphatic rings. The van der Waals surface area contributed by atoms with Crippen LogP contribution < -0.4 is 5.32 Å². The second-order valence-corrected chi connectivity index (χ2v) is 10.3. The fourth-order valence-corrected chi connectivity index (χ4v) is 5.32. The maximum absolute atomic E-state index is 13.1. The minimum atomic E-state index is -3.74. The molecule has 30 heavy (non-hydrogen) atoms. The van der Waals surface area contributed by atoms with Crippen molar-refractivity contribution in [3.05, 3.63) is 58.6 Å². The molecule has 9 heteroatoms. The van der Waals surface area contributed by atoms with E-state index in [9.17, 15) is 18.0 Å². The maximum atomic E-state index is 13.1. The third-order valence-electron chi connectivity index (χ3n) is 5.29. The number of anilines is 1. The van der Waals surface area contributed by atoms with Gasteiger partial charge in [0, 0.05) is 47.8 Å². The first-order chi connectivity index (χ1) is 14.3. The average Bonchev–Trinajstić information content (AvgIpc) is 3.59. The van der Waals surface area contributed by atoms with Gasteiger partial charge in [0.25, 0.3) is 5.91 Å². The van der Waals surface area contributed by atoms with E-state index in [1.807, 2.05) is 6.07 Å². The Morgan fingerprint density at radius 3 is 2.33 bits per heavy atom. The number of hydrogen-bond donors (Lipinski definition) is 1. The summed E-state index contributed by atoms with van der Waals surface area (Å²) < 4.78 is 28.4. The molecule has 1 aliphatic heterocycles. The lowest BCUT2D eigenvalue weighted by Gasteiger charge is -2.34. The third kappa shape index (κ3) is 4.58. The molecule has 158 valence electrons. The highest BCUT2D eigenvalue weighted by Crippen LogP contribution is 2.31. The monoisotopic (exact) mass is 491 g/mol. The van der Waals surface area contributed by atoms with E-state index in [0.29, 0.717) is 18.8 Å². The standard InChI is InChI=1S/C21H22BrN3O4S/c22-17-4-2-5-18(14-17)23-20(26)16-3-1-6-19(13-16)30(28,29)25-11-9-24(10-12-25)21(27)15-7-8-15/h1-6,13-15H,7-12H2,(H,23,26). The molecule has 0 radical (unpaired) electrons. The predicted octanol–water partition coefficient (Wildman–Crippen LogP) is 2.94. The van der Waals surface area contributed by atoms with E-state index in [2.05, 4.69) is 21.2 Å². The summed E-state index contributed by atoms with van der Waals surface area (Å²) >= 11 is 3.35. The van der Waals surface area contributed by atoms with Gasteiger partial charge in [-0.1, -0.05) is 28.1 Å². The molecule has 1 saturated heterocycles. The van der Waals surface area contributed by atoms with Gasteiger partial charge in [-0.2, -0.15) is 4.31 Å². The fourth-order valence-electron chi connectivity index (χ4n) is 3.45. The van der Waals surface area contributed by atoms with Crippen molar-refractivity contribution in [1.29, 1.82) is 0 Å². The predicted molar refractivity (Wildman–Crippen MR) is 117 cm³/mol. The fraction of sp³-hybridized carbons (Fsp3) is 0.333. The second kappa shape index (κ2) is 8.49. The zero-order chi connectivity index (χ0) is 21.3. The van der Waals surface area contributed by atoms with Gasteiger partial charge in [-0.15, -0.1) is 0 Å². The molecule has 1 heterocycles. The first-order valence-corrected chi connectivity index (χ1v) is 12.0. The highest BCUT2D eigenvalue weighted by Gasteiger charge is 2.36. The number of hydrogen-bond acceptors (Lipinski definition) is 4. The number of nitrogens with zero attached hydrogens (tertiary/aromatic N) is 2. The summed E-state index contributed by atoms with van der Waals surface area (Å²) in [6.07, 6.45) is 1.87. The van der Waals surface area contributed by atoms with Crippen LogP contribution in [0.3, 0.4) is 0 Å². The first-order valence-electron chi connectivity index (χ1n) is 9.80. The van der Waals surface area contributed by atoms with Gasteiger partial charge < -0.3 is 10.2 Å². The van der Waals surface area contributed by atoms with Gasteiger partial charge in [0.05, 0.1) is 4.90 Å². The van der Waals surface area contributed by atoms with Crippen LogP contribution in [0.25, 0.3) is 0 Å². The van der Waals surface area contributed by atoms with Crippen LogP contribution in [-0.2, 0) is 14.8 Å². The molecule has 7 nitrogen and oxygen atoms in total. The number of halogens is 1. The number of carbonyl (C=O) groups excluding carboxylic acids is 2. The molecular weight excluding hydrogens is 470 g/mol. The lowest BCUT2D eigenvalue weighted by Crippen LogP contribution is -2.50. The molecule has 0 aromatic heterocycles. The van der Waals surface area contributed by atoms with Crippen LogP contribution in [0.4, 0.5) is 5.69 Å². The van der Waals surface area contributed by atoms with Gasteiger partial charge in [0.1, 0.15) is 0 Å². The third-order valence-corrected chi connectivity index (χ3v) is 7.68. The molecule has 2 aromatic carbocycles. The maximum Gasteiger partial charge on any atom is 0.255 e. The van der Waals surface area contributed by atoms with Gasteiger partial charge in [0.15, 0.2) is 0 Å². The number of nitrogens with one attached hydrogen (secondary N) is 1. The van der Waals surface area contributed by atoms with E-state index in [0.717, 1.165) is 17.3 Å². The van der Waals surface area contributed by atoms with Gasteiger partial charge in [-0.05, 0) is 49.2 Å². The van der Waals surface area contributed by atoms with Crippen molar-refractivity contribution in [1.82, 2.24) is 9.21 Å². The van der Waals surface area contributed by atoms with Crippen molar-refractivity contribution in [3.8, 4) is 0 Å². The zero-order valence-corrected chi connectivity index (χ0v) is 18.7. The molecular formula is C21H22BrN3O4S. The minimum Gasteiger partial charge on any atom is -0.340 e. The van der Waals surface area contributed by atoms with E-state index in [-0.39, 0.29) is 41.3 Å². The second-order valence-electron chi connectivity index (χ2n) is 7.50. The minimum absolute atomic E-state index is 0.0753. The van der Waals surface area contributed by atoms with E-state index in [1.165, 1.54) is 16.4 Å². The number of sulfonamides is 1. The molecule has 2 aromatic rings. The van der Waals surface area contributed by atoms with Crippen LogP contribution >= 0.6 is 15.9 Å². The van der Waals surface area contributed by atoms with Gasteiger partial charge in [0.2, 0.25) is 15.9 Å². The molecule has 0 spiro atoms. The lowest BCUT2D eigenvalue weighted by molar-refractivity contribution is -0.133. The van der Waals surface area contributed by atoms with Crippen molar-refractivity contribution < 1.29 is 18.0 Å². The summed E-state index contributed by atoms with van der Waals surface area (Å²) in [4.78, 5) is 26.6. The van der Waals surface area contributed by atoms with Crippen LogP contribution in [-0.4, -0.2) is 55.6 Å². The number of benzene rings is 2. The Labute approximate surface area is 184 Å². The topological polar surface area (TPSA) is 86.8 Å². The van der Waals surface area contributed by atoms with E-state index >= 15 is 0 Å². The molecule has 1 aliphatic carbocycles. The quantitative estimate of drug-likeness (QED) is 0.696. The van der Waals surface area contributed by atoms with Crippen LogP contribution in [0.5, 0.6) is 0 Å². The molecule has 2 fully saturated rings. The van der Waals surface area contributed by atoms with E-state index < -0.39 is 10.0 Å². The number of carbonyl (C=O) groups is 2. The smallest absolute Gasteiger partial charge is 0.255 e. The highest BCUT2D eigenvalue weighted by molar-refractivity contribution is 9.10. The van der Waals surface area contributed by atoms with E-state index in [1.54, 1.807) is 35.2 Å². The van der Waals surface area contributed by atoms with Crippen molar-refractivity contribution >= 4 is 43.5 Å². The summed E-state index contributed by atoms with van der Waals surface area (Å²) in [7, 11) is -3.74. The van der Waals surface area contributed by atoms with Crippen LogP contribution in [0.15, 0.2) is 57.9 Å². The van der Waals surface area contributed by atoms with Crippen LogP contribution in [0, 0.1) is 5.92 Å². The van der Waals surface area contributed by atoms with E-state index in [4.69, 9.17) is 0 Å². The van der Waals surface area contributed by atoms with Crippen molar-refractivity contribution in [3.63, 3.8) is 0 Å². The van der Waals surface area contributed by atoms with Crippen LogP contribution in [0.1, 0.15) is 23.2 Å². The van der Waals surface area contributed by atoms with Crippen molar-refractivity contribution in [2.45, 2.75) is 17.7 Å². The Kier molecular flexibility index (Phi) is 5.95. The summed E-state index contributed by atoms with van der Waals surface area (Å²) in [6.45, 7) is 1.32. The van der Waals surface area contributed by atoms with Gasteiger partial charge >= 0.3 is 0 Å². The molecule has 0 unspecified atom stereocenters. The number of piperazine rings is 1. The molecule has 1 N–H and O–H groups in total. The number of amides is 2. The Morgan fingerprint density at radius 1 is 0.967 bits per heavy atom. The summed E-state index contributed by atoms with van der Waals surface area (Å²) in [5.41, 5.74) is 0.873. The zero-order valence-electron chi connectivity index (χ0n) is 16.3. The molecule has 1 saturated carbocycles. The van der Waals surface area contributed by atoms with Crippen LogP contribution in [0.2, 0.25) is 0 Å². The first kappa shape index (κ1) is 21.0. The van der Waals surface area contributed by atoms with Crippen molar-refractivity contribution in [2.75, 3.05) is 31.5 Å². The largest absolute Gasteiger partial charge is 0.340 e. The normalized spacial score (nSPS) is 17.6. The van der Waals surface area contributed by atoms with Crippen molar-refractivity contribution in [2.24, 2.45) is 5.92 Å². The Hall–Kier alpha value is -2.23. The SMILES string of the molecule is O=C(Nc1cccc(Br)c1)c1cccc(S(=O)(=O)N2CCN(C(=O)C3CC3)CC2)c1. The molecule has 0 atom stereocenters. The molecule has 2 amide bonds. The summed E-state index contributed by atoms with van der Waals surface area (Å²) in [5, 5.41) is 2.77.